The van der Waals surface area contributed by atoms with Gasteiger partial charge in [0.15, 0.2) is 0 Å². The van der Waals surface area contributed by atoms with E-state index in [0.717, 1.165) is 5.56 Å². The Morgan fingerprint density at radius 1 is 1.50 bits per heavy atom. The maximum Gasteiger partial charge on any atom is 0.142 e. The Hall–Kier alpha value is -0.680. The number of likely N-dealkylation sites (N-methyl/N-ethyl adjacent to an activating group) is 1. The number of rotatable bonds is 4. The Morgan fingerprint density at radius 3 is 2.94 bits per heavy atom. The van der Waals surface area contributed by atoms with E-state index in [1.54, 1.807) is 6.07 Å². The van der Waals surface area contributed by atoms with Gasteiger partial charge in [-0.05, 0) is 31.2 Å². The Labute approximate surface area is 111 Å². The molecule has 0 amide bonds. The van der Waals surface area contributed by atoms with Crippen molar-refractivity contribution in [2.75, 3.05) is 26.9 Å². The third kappa shape index (κ3) is 3.42. The molecule has 0 radical (unpaired) electrons. The molecule has 1 heterocycles. The van der Waals surface area contributed by atoms with Crippen LogP contribution in [0.4, 0.5) is 4.39 Å². The van der Waals surface area contributed by atoms with E-state index < -0.39 is 0 Å². The summed E-state index contributed by atoms with van der Waals surface area (Å²) < 4.78 is 24.4. The van der Waals surface area contributed by atoms with Crippen LogP contribution in [0, 0.1) is 5.82 Å². The van der Waals surface area contributed by atoms with Crippen LogP contribution in [0.1, 0.15) is 5.56 Å². The highest BCUT2D eigenvalue weighted by Gasteiger charge is 2.24. The van der Waals surface area contributed by atoms with Gasteiger partial charge in [-0.25, -0.2) is 4.39 Å². The number of benzene rings is 1. The molecule has 2 rings (SSSR count). The van der Waals surface area contributed by atoms with Crippen molar-refractivity contribution in [1.82, 2.24) is 5.32 Å². The monoisotopic (exact) mass is 273 g/mol. The van der Waals surface area contributed by atoms with Crippen LogP contribution >= 0.6 is 11.6 Å². The quantitative estimate of drug-likeness (QED) is 0.911. The van der Waals surface area contributed by atoms with Crippen LogP contribution in [0.25, 0.3) is 0 Å². The van der Waals surface area contributed by atoms with Crippen LogP contribution in [-0.4, -0.2) is 39.0 Å². The topological polar surface area (TPSA) is 30.5 Å². The van der Waals surface area contributed by atoms with Gasteiger partial charge in [0.2, 0.25) is 0 Å². The maximum atomic E-state index is 13.4. The third-order valence-corrected chi connectivity index (χ3v) is 3.41. The molecule has 100 valence electrons. The maximum absolute atomic E-state index is 13.4. The number of nitrogens with one attached hydrogen (secondary N) is 1. The number of ether oxygens (including phenoxy) is 2. The normalized spacial score (nSPS) is 21.8. The van der Waals surface area contributed by atoms with E-state index in [2.05, 4.69) is 5.32 Å². The van der Waals surface area contributed by atoms with Gasteiger partial charge in [-0.15, -0.1) is 0 Å². The molecule has 1 aliphatic rings. The van der Waals surface area contributed by atoms with Gasteiger partial charge in [-0.2, -0.15) is 0 Å². The predicted molar refractivity (Wildman–Crippen MR) is 68.5 cm³/mol. The van der Waals surface area contributed by atoms with Crippen molar-refractivity contribution in [1.29, 1.82) is 0 Å². The molecule has 3 nitrogen and oxygen atoms in total. The fourth-order valence-electron chi connectivity index (χ4n) is 2.08. The van der Waals surface area contributed by atoms with E-state index in [-0.39, 0.29) is 23.0 Å². The van der Waals surface area contributed by atoms with E-state index in [1.165, 1.54) is 6.07 Å². The summed E-state index contributed by atoms with van der Waals surface area (Å²) in [6, 6.07) is 4.98. The minimum absolute atomic E-state index is 0.00230. The zero-order valence-electron chi connectivity index (χ0n) is 10.3. The smallest absolute Gasteiger partial charge is 0.142 e. The van der Waals surface area contributed by atoms with Crippen LogP contribution in [-0.2, 0) is 15.9 Å². The average Bonchev–Trinajstić information content (AvgIpc) is 2.41. The van der Waals surface area contributed by atoms with Crippen molar-refractivity contribution >= 4 is 11.6 Å². The largest absolute Gasteiger partial charge is 0.376 e. The molecule has 0 spiro atoms. The summed E-state index contributed by atoms with van der Waals surface area (Å²) in [4.78, 5) is 0. The van der Waals surface area contributed by atoms with Crippen LogP contribution in [0.3, 0.4) is 0 Å². The summed E-state index contributed by atoms with van der Waals surface area (Å²) in [5.74, 6) is -0.384. The lowest BCUT2D eigenvalue weighted by molar-refractivity contribution is -0.100. The minimum atomic E-state index is -0.384. The zero-order chi connectivity index (χ0) is 13.0. The van der Waals surface area contributed by atoms with Crippen molar-refractivity contribution in [3.05, 3.63) is 34.6 Å². The third-order valence-electron chi connectivity index (χ3n) is 3.10. The van der Waals surface area contributed by atoms with Crippen LogP contribution in [0.5, 0.6) is 0 Å². The standard InChI is InChI=1S/C13H17ClFNO2/c1-16-12(13-8-17-4-5-18-13)7-9-2-3-10(14)11(15)6-9/h2-3,6,12-13,16H,4-5,7-8H2,1H3. The molecular weight excluding hydrogens is 257 g/mol. The summed E-state index contributed by atoms with van der Waals surface area (Å²) in [6.45, 7) is 1.82. The van der Waals surface area contributed by atoms with E-state index >= 15 is 0 Å². The summed E-state index contributed by atoms with van der Waals surface area (Å²) >= 11 is 5.66. The van der Waals surface area contributed by atoms with Gasteiger partial charge in [-0.1, -0.05) is 17.7 Å². The fourth-order valence-corrected chi connectivity index (χ4v) is 2.20. The molecule has 1 aliphatic heterocycles. The Balaban J connectivity index is 2.02. The SMILES string of the molecule is CNC(Cc1ccc(Cl)c(F)c1)C1COCCO1. The second kappa shape index (κ2) is 6.48. The molecule has 0 saturated carbocycles. The molecule has 0 bridgehead atoms. The van der Waals surface area contributed by atoms with Crippen molar-refractivity contribution in [2.24, 2.45) is 0 Å². The van der Waals surface area contributed by atoms with Crippen LogP contribution < -0.4 is 5.32 Å². The fraction of sp³-hybridized carbons (Fsp3) is 0.538. The zero-order valence-corrected chi connectivity index (χ0v) is 11.0. The summed E-state index contributed by atoms with van der Waals surface area (Å²) in [7, 11) is 1.87. The van der Waals surface area contributed by atoms with Gasteiger partial charge >= 0.3 is 0 Å². The van der Waals surface area contributed by atoms with Crippen molar-refractivity contribution < 1.29 is 13.9 Å². The van der Waals surface area contributed by atoms with E-state index in [4.69, 9.17) is 21.1 Å². The lowest BCUT2D eigenvalue weighted by atomic mass is 10.0. The second-order valence-electron chi connectivity index (χ2n) is 4.33. The number of halogens is 2. The molecule has 1 aromatic rings. The van der Waals surface area contributed by atoms with Crippen molar-refractivity contribution in [3.63, 3.8) is 0 Å². The van der Waals surface area contributed by atoms with E-state index in [1.807, 2.05) is 13.1 Å². The van der Waals surface area contributed by atoms with Gasteiger partial charge in [0.05, 0.1) is 30.9 Å². The van der Waals surface area contributed by atoms with Gasteiger partial charge in [-0.3, -0.25) is 0 Å². The second-order valence-corrected chi connectivity index (χ2v) is 4.74. The molecule has 0 aromatic heterocycles. The molecule has 2 unspecified atom stereocenters. The van der Waals surface area contributed by atoms with Crippen molar-refractivity contribution in [3.8, 4) is 0 Å². The molecule has 1 aromatic carbocycles. The highest BCUT2D eigenvalue weighted by Crippen LogP contribution is 2.18. The Bertz CT molecular complexity index is 397. The van der Waals surface area contributed by atoms with Crippen molar-refractivity contribution in [2.45, 2.75) is 18.6 Å². The Kier molecular flexibility index (Phi) is 4.95. The predicted octanol–water partition coefficient (Wildman–Crippen LogP) is 2.02. The lowest BCUT2D eigenvalue weighted by Crippen LogP contribution is -2.46. The first kappa shape index (κ1) is 13.7. The van der Waals surface area contributed by atoms with E-state index in [0.29, 0.717) is 26.2 Å². The summed E-state index contributed by atoms with van der Waals surface area (Å²) in [5.41, 5.74) is 0.894. The molecule has 5 heteroatoms. The van der Waals surface area contributed by atoms with Gasteiger partial charge in [0, 0.05) is 6.04 Å². The first-order valence-electron chi connectivity index (χ1n) is 6.01. The molecule has 18 heavy (non-hydrogen) atoms. The molecule has 2 atom stereocenters. The molecular formula is C13H17ClFNO2. The number of hydrogen-bond acceptors (Lipinski definition) is 3. The van der Waals surface area contributed by atoms with Gasteiger partial charge in [0.25, 0.3) is 0 Å². The van der Waals surface area contributed by atoms with E-state index in [9.17, 15) is 4.39 Å². The Morgan fingerprint density at radius 2 is 2.33 bits per heavy atom. The summed E-state index contributed by atoms with van der Waals surface area (Å²) in [6.07, 6.45) is 0.681. The first-order chi connectivity index (χ1) is 8.70. The molecule has 0 aliphatic carbocycles. The molecule has 1 saturated heterocycles. The molecule has 1 fully saturated rings. The summed E-state index contributed by atoms with van der Waals surface area (Å²) in [5, 5.41) is 3.34. The highest BCUT2D eigenvalue weighted by molar-refractivity contribution is 6.30. The van der Waals surface area contributed by atoms with Crippen LogP contribution in [0.2, 0.25) is 5.02 Å². The highest BCUT2D eigenvalue weighted by atomic mass is 35.5. The number of hydrogen-bond donors (Lipinski definition) is 1. The first-order valence-corrected chi connectivity index (χ1v) is 6.39. The van der Waals surface area contributed by atoms with Crippen LogP contribution in [0.15, 0.2) is 18.2 Å². The minimum Gasteiger partial charge on any atom is -0.376 e. The molecule has 1 N–H and O–H groups in total. The van der Waals surface area contributed by atoms with Gasteiger partial charge < -0.3 is 14.8 Å². The lowest BCUT2D eigenvalue weighted by Gasteiger charge is -2.30. The average molecular weight is 274 g/mol. The van der Waals surface area contributed by atoms with Gasteiger partial charge in [0.1, 0.15) is 5.82 Å².